The number of fused-ring (bicyclic) bond motifs is 1. The van der Waals surface area contributed by atoms with Gasteiger partial charge in [0.15, 0.2) is 0 Å². The molecule has 1 atom stereocenters. The molecule has 1 aromatic carbocycles. The van der Waals surface area contributed by atoms with Gasteiger partial charge in [0.1, 0.15) is 0 Å². The van der Waals surface area contributed by atoms with Crippen LogP contribution in [-0.4, -0.2) is 16.2 Å². The Balaban J connectivity index is 2.19. The molecule has 0 fully saturated rings. The fourth-order valence-corrected chi connectivity index (χ4v) is 3.00. The Morgan fingerprint density at radius 1 is 1.33 bits per heavy atom. The smallest absolute Gasteiger partial charge is 0.0672 e. The molecule has 3 nitrogen and oxygen atoms in total. The standard InChI is InChI=1S/C15H19N3/c1-9-15(10(2)18-17-9)13-5-3-4-11-6-7-12(16)8-14(11)13/h3-5,12H,6-8,16H2,1-2H3,(H,17,18)/t12-/m1/s1. The molecule has 0 radical (unpaired) electrons. The van der Waals surface area contributed by atoms with Gasteiger partial charge in [-0.3, -0.25) is 5.10 Å². The van der Waals surface area contributed by atoms with Gasteiger partial charge in [0, 0.05) is 17.3 Å². The molecule has 0 bridgehead atoms. The Morgan fingerprint density at radius 3 is 2.89 bits per heavy atom. The molecule has 0 saturated carbocycles. The minimum atomic E-state index is 0.297. The summed E-state index contributed by atoms with van der Waals surface area (Å²) in [6.07, 6.45) is 3.18. The van der Waals surface area contributed by atoms with Crippen LogP contribution < -0.4 is 5.73 Å². The van der Waals surface area contributed by atoms with Crippen LogP contribution in [0.5, 0.6) is 0 Å². The molecule has 3 rings (SSSR count). The Bertz CT molecular complexity index is 564. The SMILES string of the molecule is Cc1n[nH]c(C)c1-c1cccc2c1C[C@H](N)CC2. The average molecular weight is 241 g/mol. The van der Waals surface area contributed by atoms with E-state index in [2.05, 4.69) is 42.2 Å². The third kappa shape index (κ3) is 1.75. The van der Waals surface area contributed by atoms with E-state index in [1.54, 1.807) is 0 Å². The molecule has 0 spiro atoms. The fraction of sp³-hybridized carbons (Fsp3) is 0.400. The van der Waals surface area contributed by atoms with Crippen molar-refractivity contribution >= 4 is 0 Å². The highest BCUT2D eigenvalue weighted by Crippen LogP contribution is 2.33. The molecule has 1 heterocycles. The number of nitrogens with one attached hydrogen (secondary N) is 1. The molecule has 2 aromatic rings. The first kappa shape index (κ1) is 11.5. The third-order valence-electron chi connectivity index (χ3n) is 3.92. The Morgan fingerprint density at radius 2 is 2.17 bits per heavy atom. The summed E-state index contributed by atoms with van der Waals surface area (Å²) in [5.74, 6) is 0. The zero-order chi connectivity index (χ0) is 12.7. The average Bonchev–Trinajstić information content (AvgIpc) is 2.68. The molecule has 0 amide bonds. The highest BCUT2D eigenvalue weighted by molar-refractivity contribution is 5.73. The van der Waals surface area contributed by atoms with Crippen molar-refractivity contribution in [3.8, 4) is 11.1 Å². The van der Waals surface area contributed by atoms with Crippen LogP contribution in [0.25, 0.3) is 11.1 Å². The topological polar surface area (TPSA) is 54.7 Å². The number of hydrogen-bond acceptors (Lipinski definition) is 2. The zero-order valence-electron chi connectivity index (χ0n) is 11.0. The second-order valence-electron chi connectivity index (χ2n) is 5.26. The molecule has 3 N–H and O–H groups in total. The summed E-state index contributed by atoms with van der Waals surface area (Å²) in [5, 5.41) is 7.38. The summed E-state index contributed by atoms with van der Waals surface area (Å²) < 4.78 is 0. The van der Waals surface area contributed by atoms with Crippen molar-refractivity contribution in [1.29, 1.82) is 0 Å². The second kappa shape index (κ2) is 4.25. The summed E-state index contributed by atoms with van der Waals surface area (Å²) in [5.41, 5.74) is 13.8. The minimum Gasteiger partial charge on any atom is -0.327 e. The number of aromatic amines is 1. The van der Waals surface area contributed by atoms with Crippen LogP contribution in [0.1, 0.15) is 28.9 Å². The Kier molecular flexibility index (Phi) is 2.71. The maximum Gasteiger partial charge on any atom is 0.0672 e. The molecule has 1 aliphatic carbocycles. The molecule has 3 heteroatoms. The van der Waals surface area contributed by atoms with Gasteiger partial charge in [-0.1, -0.05) is 18.2 Å². The highest BCUT2D eigenvalue weighted by Gasteiger charge is 2.21. The van der Waals surface area contributed by atoms with Crippen LogP contribution >= 0.6 is 0 Å². The van der Waals surface area contributed by atoms with Gasteiger partial charge in [-0.05, 0) is 49.8 Å². The first-order valence-electron chi connectivity index (χ1n) is 6.55. The number of hydrogen-bond donors (Lipinski definition) is 2. The van der Waals surface area contributed by atoms with Crippen LogP contribution in [-0.2, 0) is 12.8 Å². The number of H-pyrrole nitrogens is 1. The van der Waals surface area contributed by atoms with E-state index in [0.29, 0.717) is 6.04 Å². The van der Waals surface area contributed by atoms with E-state index in [9.17, 15) is 0 Å². The number of benzene rings is 1. The Labute approximate surface area is 107 Å². The van der Waals surface area contributed by atoms with Crippen LogP contribution in [0.4, 0.5) is 0 Å². The summed E-state index contributed by atoms with van der Waals surface area (Å²) >= 11 is 0. The molecule has 0 saturated heterocycles. The van der Waals surface area contributed by atoms with Gasteiger partial charge in [0.05, 0.1) is 5.69 Å². The summed E-state index contributed by atoms with van der Waals surface area (Å²) in [6.45, 7) is 4.14. The quantitative estimate of drug-likeness (QED) is 0.806. The predicted octanol–water partition coefficient (Wildman–Crippen LogP) is 2.51. The second-order valence-corrected chi connectivity index (χ2v) is 5.26. The van der Waals surface area contributed by atoms with Gasteiger partial charge < -0.3 is 5.73 Å². The monoisotopic (exact) mass is 241 g/mol. The normalized spacial score (nSPS) is 18.7. The molecule has 1 aromatic heterocycles. The van der Waals surface area contributed by atoms with Gasteiger partial charge in [-0.15, -0.1) is 0 Å². The minimum absolute atomic E-state index is 0.297. The molecule has 18 heavy (non-hydrogen) atoms. The largest absolute Gasteiger partial charge is 0.327 e. The number of aryl methyl sites for hydroxylation is 3. The van der Waals surface area contributed by atoms with Gasteiger partial charge >= 0.3 is 0 Å². The van der Waals surface area contributed by atoms with Crippen LogP contribution in [0.3, 0.4) is 0 Å². The Hall–Kier alpha value is -1.61. The predicted molar refractivity (Wildman–Crippen MR) is 73.5 cm³/mol. The lowest BCUT2D eigenvalue weighted by Gasteiger charge is -2.24. The molecule has 1 aliphatic rings. The zero-order valence-corrected chi connectivity index (χ0v) is 11.0. The lowest BCUT2D eigenvalue weighted by Crippen LogP contribution is -2.28. The van der Waals surface area contributed by atoms with Gasteiger partial charge in [-0.25, -0.2) is 0 Å². The van der Waals surface area contributed by atoms with Crippen LogP contribution in [0.15, 0.2) is 18.2 Å². The molecular weight excluding hydrogens is 222 g/mol. The first-order valence-corrected chi connectivity index (χ1v) is 6.55. The van der Waals surface area contributed by atoms with Gasteiger partial charge in [0.2, 0.25) is 0 Å². The third-order valence-corrected chi connectivity index (χ3v) is 3.92. The van der Waals surface area contributed by atoms with Crippen molar-refractivity contribution in [2.45, 2.75) is 39.2 Å². The lowest BCUT2D eigenvalue weighted by molar-refractivity contribution is 0.577. The van der Waals surface area contributed by atoms with Crippen molar-refractivity contribution in [2.24, 2.45) is 5.73 Å². The van der Waals surface area contributed by atoms with E-state index >= 15 is 0 Å². The van der Waals surface area contributed by atoms with Crippen molar-refractivity contribution in [2.75, 3.05) is 0 Å². The van der Waals surface area contributed by atoms with Crippen molar-refractivity contribution < 1.29 is 0 Å². The van der Waals surface area contributed by atoms with E-state index < -0.39 is 0 Å². The summed E-state index contributed by atoms with van der Waals surface area (Å²) in [6, 6.07) is 6.87. The number of aromatic nitrogens is 2. The number of rotatable bonds is 1. The van der Waals surface area contributed by atoms with E-state index in [0.717, 1.165) is 30.7 Å². The maximum absolute atomic E-state index is 6.12. The van der Waals surface area contributed by atoms with E-state index in [1.807, 2.05) is 0 Å². The van der Waals surface area contributed by atoms with Crippen molar-refractivity contribution in [3.63, 3.8) is 0 Å². The molecular formula is C15H19N3. The van der Waals surface area contributed by atoms with Crippen molar-refractivity contribution in [1.82, 2.24) is 10.2 Å². The lowest BCUT2D eigenvalue weighted by atomic mass is 9.83. The maximum atomic E-state index is 6.12. The molecule has 0 aliphatic heterocycles. The molecule has 0 unspecified atom stereocenters. The highest BCUT2D eigenvalue weighted by atomic mass is 15.1. The van der Waals surface area contributed by atoms with Crippen molar-refractivity contribution in [3.05, 3.63) is 40.7 Å². The number of nitrogens with zero attached hydrogens (tertiary/aromatic N) is 1. The summed E-state index contributed by atoms with van der Waals surface area (Å²) in [7, 11) is 0. The van der Waals surface area contributed by atoms with Gasteiger partial charge in [-0.2, -0.15) is 5.10 Å². The van der Waals surface area contributed by atoms with E-state index in [1.165, 1.54) is 22.3 Å². The fourth-order valence-electron chi connectivity index (χ4n) is 3.00. The summed E-state index contributed by atoms with van der Waals surface area (Å²) in [4.78, 5) is 0. The first-order chi connectivity index (χ1) is 8.66. The van der Waals surface area contributed by atoms with Gasteiger partial charge in [0.25, 0.3) is 0 Å². The van der Waals surface area contributed by atoms with E-state index in [4.69, 9.17) is 5.73 Å². The number of nitrogens with two attached hydrogens (primary N) is 1. The van der Waals surface area contributed by atoms with Crippen LogP contribution in [0, 0.1) is 13.8 Å². The van der Waals surface area contributed by atoms with E-state index in [-0.39, 0.29) is 0 Å². The molecule has 94 valence electrons. The van der Waals surface area contributed by atoms with Crippen LogP contribution in [0.2, 0.25) is 0 Å².